The fourth-order valence-corrected chi connectivity index (χ4v) is 3.13. The van der Waals surface area contributed by atoms with E-state index in [1.807, 2.05) is 6.92 Å². The van der Waals surface area contributed by atoms with Crippen LogP contribution in [-0.4, -0.2) is 49.3 Å². The van der Waals surface area contributed by atoms with E-state index in [2.05, 4.69) is 24.2 Å². The lowest BCUT2D eigenvalue weighted by atomic mass is 9.85. The van der Waals surface area contributed by atoms with Crippen molar-refractivity contribution in [1.29, 1.82) is 0 Å². The smallest absolute Gasteiger partial charge is 0.0638 e. The molecule has 1 atom stereocenters. The number of hydrogen-bond donors (Lipinski definition) is 2. The van der Waals surface area contributed by atoms with Crippen LogP contribution in [0.3, 0.4) is 0 Å². The average molecular weight is 242 g/mol. The summed E-state index contributed by atoms with van der Waals surface area (Å²) < 4.78 is 0. The molecule has 0 heterocycles. The Labute approximate surface area is 107 Å². The van der Waals surface area contributed by atoms with Crippen molar-refractivity contribution >= 4 is 0 Å². The summed E-state index contributed by atoms with van der Waals surface area (Å²) in [6, 6.07) is 0. The highest BCUT2D eigenvalue weighted by atomic mass is 16.3. The molecule has 0 amide bonds. The van der Waals surface area contributed by atoms with Crippen LogP contribution in [0, 0.1) is 5.41 Å². The van der Waals surface area contributed by atoms with Crippen LogP contribution in [0.1, 0.15) is 46.0 Å². The standard InChI is InChI=1S/C14H30N2O/c1-4-9-15-11-14(7-5-6-8-14)12-16(3)10-13(2)17/h13,15,17H,4-12H2,1-3H3. The highest BCUT2D eigenvalue weighted by molar-refractivity contribution is 4.89. The maximum atomic E-state index is 9.44. The molecule has 0 aromatic heterocycles. The number of rotatable bonds is 8. The summed E-state index contributed by atoms with van der Waals surface area (Å²) in [5.41, 5.74) is 0.457. The molecule has 1 unspecified atom stereocenters. The van der Waals surface area contributed by atoms with Gasteiger partial charge in [0, 0.05) is 19.6 Å². The fraction of sp³-hybridized carbons (Fsp3) is 1.00. The van der Waals surface area contributed by atoms with Gasteiger partial charge in [-0.15, -0.1) is 0 Å². The molecule has 102 valence electrons. The Balaban J connectivity index is 2.41. The highest BCUT2D eigenvalue weighted by Crippen LogP contribution is 2.38. The van der Waals surface area contributed by atoms with Gasteiger partial charge in [-0.3, -0.25) is 0 Å². The van der Waals surface area contributed by atoms with Gasteiger partial charge in [0.2, 0.25) is 0 Å². The lowest BCUT2D eigenvalue weighted by Gasteiger charge is -2.34. The van der Waals surface area contributed by atoms with Gasteiger partial charge >= 0.3 is 0 Å². The number of aliphatic hydroxyl groups excluding tert-OH is 1. The minimum atomic E-state index is -0.220. The van der Waals surface area contributed by atoms with Crippen molar-refractivity contribution in [2.45, 2.75) is 52.1 Å². The zero-order valence-electron chi connectivity index (χ0n) is 11.8. The van der Waals surface area contributed by atoms with E-state index < -0.39 is 0 Å². The summed E-state index contributed by atoms with van der Waals surface area (Å²) in [5.74, 6) is 0. The normalized spacial score (nSPS) is 21.0. The minimum absolute atomic E-state index is 0.220. The molecule has 0 aliphatic heterocycles. The van der Waals surface area contributed by atoms with E-state index >= 15 is 0 Å². The third-order valence-corrected chi connectivity index (χ3v) is 3.77. The van der Waals surface area contributed by atoms with E-state index in [4.69, 9.17) is 0 Å². The maximum absolute atomic E-state index is 9.44. The van der Waals surface area contributed by atoms with Crippen LogP contribution in [0.2, 0.25) is 0 Å². The topological polar surface area (TPSA) is 35.5 Å². The van der Waals surface area contributed by atoms with E-state index in [9.17, 15) is 5.11 Å². The first-order valence-electron chi connectivity index (χ1n) is 7.15. The lowest BCUT2D eigenvalue weighted by Crippen LogP contribution is -2.43. The Morgan fingerprint density at radius 2 is 2.00 bits per heavy atom. The molecule has 2 N–H and O–H groups in total. The summed E-state index contributed by atoms with van der Waals surface area (Å²) in [6.07, 6.45) is 6.41. The van der Waals surface area contributed by atoms with Crippen molar-refractivity contribution < 1.29 is 5.11 Å². The Morgan fingerprint density at radius 3 is 2.53 bits per heavy atom. The second-order valence-corrected chi connectivity index (χ2v) is 5.93. The fourth-order valence-electron chi connectivity index (χ4n) is 3.13. The molecule has 3 nitrogen and oxygen atoms in total. The molecule has 0 aromatic rings. The van der Waals surface area contributed by atoms with Gasteiger partial charge in [0.15, 0.2) is 0 Å². The first kappa shape index (κ1) is 14.9. The molecule has 1 aliphatic carbocycles. The first-order chi connectivity index (χ1) is 8.08. The summed E-state index contributed by atoms with van der Waals surface area (Å²) in [4.78, 5) is 2.30. The Bertz CT molecular complexity index is 200. The van der Waals surface area contributed by atoms with E-state index in [-0.39, 0.29) is 6.10 Å². The Morgan fingerprint density at radius 1 is 1.35 bits per heavy atom. The van der Waals surface area contributed by atoms with Crippen LogP contribution in [0.25, 0.3) is 0 Å². The summed E-state index contributed by atoms with van der Waals surface area (Å²) in [5, 5.41) is 13.0. The quantitative estimate of drug-likeness (QED) is 0.638. The van der Waals surface area contributed by atoms with Crippen LogP contribution >= 0.6 is 0 Å². The monoisotopic (exact) mass is 242 g/mol. The number of hydrogen-bond acceptors (Lipinski definition) is 3. The highest BCUT2D eigenvalue weighted by Gasteiger charge is 2.34. The van der Waals surface area contributed by atoms with Crippen molar-refractivity contribution in [1.82, 2.24) is 10.2 Å². The molecule has 1 rings (SSSR count). The van der Waals surface area contributed by atoms with Gasteiger partial charge in [-0.2, -0.15) is 0 Å². The second-order valence-electron chi connectivity index (χ2n) is 5.93. The molecule has 1 saturated carbocycles. The third kappa shape index (κ3) is 5.36. The molecule has 0 radical (unpaired) electrons. The molecule has 0 saturated heterocycles. The number of likely N-dealkylation sites (N-methyl/N-ethyl adjacent to an activating group) is 1. The molecule has 0 bridgehead atoms. The van der Waals surface area contributed by atoms with Crippen LogP contribution in [0.4, 0.5) is 0 Å². The predicted molar refractivity (Wildman–Crippen MR) is 73.2 cm³/mol. The van der Waals surface area contributed by atoms with Crippen molar-refractivity contribution in [3.8, 4) is 0 Å². The molecule has 0 spiro atoms. The van der Waals surface area contributed by atoms with Gasteiger partial charge in [-0.05, 0) is 45.2 Å². The minimum Gasteiger partial charge on any atom is -0.392 e. The van der Waals surface area contributed by atoms with Crippen molar-refractivity contribution in [2.24, 2.45) is 5.41 Å². The van der Waals surface area contributed by atoms with Crippen LogP contribution < -0.4 is 5.32 Å². The summed E-state index contributed by atoms with van der Waals surface area (Å²) >= 11 is 0. The summed E-state index contributed by atoms with van der Waals surface area (Å²) in [6.45, 7) is 8.26. The van der Waals surface area contributed by atoms with Crippen LogP contribution in [0.15, 0.2) is 0 Å². The zero-order valence-corrected chi connectivity index (χ0v) is 11.8. The third-order valence-electron chi connectivity index (χ3n) is 3.77. The average Bonchev–Trinajstić information content (AvgIpc) is 2.65. The second kappa shape index (κ2) is 7.34. The van der Waals surface area contributed by atoms with E-state index in [1.165, 1.54) is 32.1 Å². The van der Waals surface area contributed by atoms with Crippen molar-refractivity contribution in [3.05, 3.63) is 0 Å². The van der Waals surface area contributed by atoms with E-state index in [1.54, 1.807) is 0 Å². The predicted octanol–water partition coefficient (Wildman–Crippen LogP) is 1.86. The molecule has 1 aliphatic rings. The molecule has 3 heteroatoms. The Hall–Kier alpha value is -0.120. The maximum Gasteiger partial charge on any atom is 0.0638 e. The van der Waals surface area contributed by atoms with Crippen LogP contribution in [-0.2, 0) is 0 Å². The molecule has 17 heavy (non-hydrogen) atoms. The van der Waals surface area contributed by atoms with E-state index in [0.29, 0.717) is 5.41 Å². The van der Waals surface area contributed by atoms with Gasteiger partial charge in [0.05, 0.1) is 6.10 Å². The first-order valence-corrected chi connectivity index (χ1v) is 7.15. The van der Waals surface area contributed by atoms with Gasteiger partial charge in [0.25, 0.3) is 0 Å². The number of nitrogens with one attached hydrogen (secondary N) is 1. The molecular weight excluding hydrogens is 212 g/mol. The van der Waals surface area contributed by atoms with Crippen LogP contribution in [0.5, 0.6) is 0 Å². The number of aliphatic hydroxyl groups is 1. The largest absolute Gasteiger partial charge is 0.392 e. The van der Waals surface area contributed by atoms with Crippen molar-refractivity contribution in [3.63, 3.8) is 0 Å². The Kier molecular flexibility index (Phi) is 6.45. The molecule has 1 fully saturated rings. The molecular formula is C14H30N2O. The van der Waals surface area contributed by atoms with Gasteiger partial charge in [-0.25, -0.2) is 0 Å². The van der Waals surface area contributed by atoms with Gasteiger partial charge < -0.3 is 15.3 Å². The SMILES string of the molecule is CCCNCC1(CN(C)CC(C)O)CCCC1. The van der Waals surface area contributed by atoms with Gasteiger partial charge in [0.1, 0.15) is 0 Å². The van der Waals surface area contributed by atoms with Crippen molar-refractivity contribution in [2.75, 3.05) is 33.2 Å². The lowest BCUT2D eigenvalue weighted by molar-refractivity contribution is 0.105. The van der Waals surface area contributed by atoms with E-state index in [0.717, 1.165) is 26.2 Å². The zero-order chi connectivity index (χ0) is 12.7. The number of nitrogens with zero attached hydrogens (tertiary/aromatic N) is 1. The molecule has 0 aromatic carbocycles. The summed E-state index contributed by atoms with van der Waals surface area (Å²) in [7, 11) is 2.13. The van der Waals surface area contributed by atoms with Gasteiger partial charge in [-0.1, -0.05) is 19.8 Å².